The minimum atomic E-state index is -2.41. The van der Waals surface area contributed by atoms with Gasteiger partial charge >= 0.3 is 0 Å². The average molecular weight is 179 g/mol. The number of carbonyl (C=O) groups is 1. The second-order valence-electron chi connectivity index (χ2n) is 2.32. The second-order valence-corrected chi connectivity index (χ2v) is 3.22. The van der Waals surface area contributed by atoms with Crippen LogP contribution in [-0.2, 0) is 15.9 Å². The van der Waals surface area contributed by atoms with Gasteiger partial charge in [-0.25, -0.2) is 4.21 Å². The summed E-state index contributed by atoms with van der Waals surface area (Å²) in [6.07, 6.45) is 2.23. The zero-order valence-corrected chi connectivity index (χ0v) is 7.26. The van der Waals surface area contributed by atoms with Gasteiger partial charge in [-0.3, -0.25) is 9.35 Å². The average Bonchev–Trinajstić information content (AvgIpc) is 1.98. The lowest BCUT2D eigenvalue weighted by molar-refractivity contribution is -0.113. The smallest absolute Gasteiger partial charge is 0.262 e. The second kappa shape index (κ2) is 5.40. The lowest BCUT2D eigenvalue weighted by Gasteiger charge is -2.05. The molecule has 0 aromatic heterocycles. The molecule has 0 radical (unpaired) electrons. The highest BCUT2D eigenvalue weighted by atomic mass is 32.2. The highest BCUT2D eigenvalue weighted by Crippen LogP contribution is 2.00. The molecule has 0 amide bonds. The van der Waals surface area contributed by atoms with Crippen molar-refractivity contribution in [2.24, 2.45) is 5.73 Å². The molecule has 0 aliphatic rings. The first-order valence-corrected chi connectivity index (χ1v) is 4.60. The maximum absolute atomic E-state index is 10.7. The van der Waals surface area contributed by atoms with Gasteiger partial charge in [-0.05, 0) is 6.42 Å². The van der Waals surface area contributed by atoms with Crippen molar-refractivity contribution in [1.82, 2.24) is 0 Å². The molecule has 0 bridgehead atoms. The Hall–Kier alpha value is -0.260. The van der Waals surface area contributed by atoms with E-state index in [-0.39, 0.29) is 0 Å². The molecule has 0 rings (SSSR count). The Morgan fingerprint density at radius 3 is 2.64 bits per heavy atom. The van der Waals surface area contributed by atoms with Crippen LogP contribution in [0.3, 0.4) is 0 Å². The molecule has 0 aliphatic heterocycles. The molecular formula is C6H13NO3S. The zero-order valence-electron chi connectivity index (χ0n) is 6.45. The van der Waals surface area contributed by atoms with E-state index in [0.717, 1.165) is 12.8 Å². The molecule has 66 valence electrons. The topological polar surface area (TPSA) is 80.4 Å². The normalized spacial score (nSPS) is 15.9. The molecule has 1 unspecified atom stereocenters. The number of hydrogen-bond donors (Lipinski definition) is 2. The standard InChI is InChI=1S/C6H13NO3S/c1-2-3-4-5(7)6(8)11(9)10/h5H,2-4,7H2,1H3,(H,9,10)/t5-/m0/s1. The zero-order chi connectivity index (χ0) is 8.85. The van der Waals surface area contributed by atoms with Crippen molar-refractivity contribution >= 4 is 16.2 Å². The van der Waals surface area contributed by atoms with Crippen LogP contribution in [0.5, 0.6) is 0 Å². The van der Waals surface area contributed by atoms with Gasteiger partial charge in [0.25, 0.3) is 5.12 Å². The van der Waals surface area contributed by atoms with E-state index < -0.39 is 22.2 Å². The van der Waals surface area contributed by atoms with E-state index in [1.54, 1.807) is 0 Å². The van der Waals surface area contributed by atoms with Crippen molar-refractivity contribution in [2.75, 3.05) is 0 Å². The van der Waals surface area contributed by atoms with Crippen molar-refractivity contribution in [3.63, 3.8) is 0 Å². The number of rotatable bonds is 4. The van der Waals surface area contributed by atoms with Gasteiger partial charge in [-0.2, -0.15) is 0 Å². The molecule has 11 heavy (non-hydrogen) atoms. The molecule has 0 fully saturated rings. The van der Waals surface area contributed by atoms with Gasteiger partial charge < -0.3 is 5.73 Å². The van der Waals surface area contributed by atoms with E-state index in [9.17, 15) is 9.00 Å². The Morgan fingerprint density at radius 2 is 2.27 bits per heavy atom. The number of unbranched alkanes of at least 4 members (excludes halogenated alkanes) is 1. The van der Waals surface area contributed by atoms with Crippen LogP contribution in [0.4, 0.5) is 0 Å². The molecule has 0 aromatic rings. The van der Waals surface area contributed by atoms with E-state index in [1.165, 1.54) is 0 Å². The van der Waals surface area contributed by atoms with Crippen LogP contribution in [0.1, 0.15) is 26.2 Å². The van der Waals surface area contributed by atoms with Gasteiger partial charge in [0.15, 0.2) is 0 Å². The van der Waals surface area contributed by atoms with Crippen molar-refractivity contribution in [2.45, 2.75) is 32.2 Å². The van der Waals surface area contributed by atoms with Crippen LogP contribution in [0.25, 0.3) is 0 Å². The van der Waals surface area contributed by atoms with Crippen molar-refractivity contribution < 1.29 is 13.6 Å². The quantitative estimate of drug-likeness (QED) is 0.606. The fourth-order valence-corrected chi connectivity index (χ4v) is 1.05. The van der Waals surface area contributed by atoms with Crippen LogP contribution in [0.2, 0.25) is 0 Å². The van der Waals surface area contributed by atoms with Crippen molar-refractivity contribution in [3.8, 4) is 0 Å². The Balaban J connectivity index is 3.73. The van der Waals surface area contributed by atoms with Gasteiger partial charge in [0.1, 0.15) is 0 Å². The molecule has 5 heteroatoms. The summed E-state index contributed by atoms with van der Waals surface area (Å²) in [4.78, 5) is 10.7. The molecular weight excluding hydrogens is 166 g/mol. The minimum Gasteiger partial charge on any atom is -0.321 e. The van der Waals surface area contributed by atoms with Crippen molar-refractivity contribution in [1.29, 1.82) is 0 Å². The van der Waals surface area contributed by atoms with Crippen LogP contribution < -0.4 is 5.73 Å². The summed E-state index contributed by atoms with van der Waals surface area (Å²) in [5, 5.41) is -0.779. The van der Waals surface area contributed by atoms with Crippen LogP contribution >= 0.6 is 0 Å². The number of nitrogens with two attached hydrogens (primary N) is 1. The van der Waals surface area contributed by atoms with Crippen LogP contribution in [0.15, 0.2) is 0 Å². The summed E-state index contributed by atoms with van der Waals surface area (Å²) in [6.45, 7) is 1.97. The summed E-state index contributed by atoms with van der Waals surface area (Å²) >= 11 is -2.41. The lowest BCUT2D eigenvalue weighted by atomic mass is 10.1. The largest absolute Gasteiger partial charge is 0.321 e. The minimum absolute atomic E-state index is 0.488. The van der Waals surface area contributed by atoms with Gasteiger partial charge in [0, 0.05) is 0 Å². The summed E-state index contributed by atoms with van der Waals surface area (Å²) in [7, 11) is 0. The third-order valence-corrected chi connectivity index (χ3v) is 1.99. The van der Waals surface area contributed by atoms with E-state index in [4.69, 9.17) is 10.3 Å². The molecule has 2 atom stereocenters. The molecule has 0 aromatic carbocycles. The Morgan fingerprint density at radius 1 is 1.73 bits per heavy atom. The predicted molar refractivity (Wildman–Crippen MR) is 43.3 cm³/mol. The third kappa shape index (κ3) is 4.23. The van der Waals surface area contributed by atoms with E-state index in [1.807, 2.05) is 6.92 Å². The third-order valence-electron chi connectivity index (χ3n) is 1.34. The highest BCUT2D eigenvalue weighted by molar-refractivity contribution is 7.95. The van der Waals surface area contributed by atoms with Gasteiger partial charge in [-0.1, -0.05) is 19.8 Å². The van der Waals surface area contributed by atoms with Crippen LogP contribution in [0, 0.1) is 0 Å². The summed E-state index contributed by atoms with van der Waals surface area (Å²) in [6, 6.07) is -0.777. The first-order chi connectivity index (χ1) is 5.09. The molecule has 0 saturated carbocycles. The number of carbonyl (C=O) groups excluding carboxylic acids is 1. The molecule has 3 N–H and O–H groups in total. The maximum Gasteiger partial charge on any atom is 0.262 e. The van der Waals surface area contributed by atoms with E-state index in [0.29, 0.717) is 6.42 Å². The molecule has 0 heterocycles. The first-order valence-electron chi connectivity index (χ1n) is 3.49. The fraction of sp³-hybridized carbons (Fsp3) is 0.833. The van der Waals surface area contributed by atoms with Gasteiger partial charge in [-0.15, -0.1) is 0 Å². The Kier molecular flexibility index (Phi) is 5.27. The summed E-state index contributed by atoms with van der Waals surface area (Å²) in [5.41, 5.74) is 5.30. The molecule has 4 nitrogen and oxygen atoms in total. The van der Waals surface area contributed by atoms with E-state index in [2.05, 4.69) is 0 Å². The maximum atomic E-state index is 10.7. The SMILES string of the molecule is CCCC[C@H](N)C(=O)S(=O)O. The van der Waals surface area contributed by atoms with Gasteiger partial charge in [0.2, 0.25) is 11.1 Å². The van der Waals surface area contributed by atoms with Gasteiger partial charge in [0.05, 0.1) is 6.04 Å². The van der Waals surface area contributed by atoms with Crippen molar-refractivity contribution in [3.05, 3.63) is 0 Å². The monoisotopic (exact) mass is 179 g/mol. The fourth-order valence-electron chi connectivity index (χ4n) is 0.671. The Labute approximate surface area is 68.4 Å². The first kappa shape index (κ1) is 10.7. The summed E-state index contributed by atoms with van der Waals surface area (Å²) < 4.78 is 18.5. The lowest BCUT2D eigenvalue weighted by Crippen LogP contribution is -2.32. The predicted octanol–water partition coefficient (Wildman–Crippen LogP) is 0.252. The molecule has 0 spiro atoms. The molecule has 0 saturated heterocycles. The Bertz CT molecular complexity index is 160. The summed E-state index contributed by atoms with van der Waals surface area (Å²) in [5.74, 6) is 0. The van der Waals surface area contributed by atoms with Crippen LogP contribution in [-0.4, -0.2) is 19.9 Å². The highest BCUT2D eigenvalue weighted by Gasteiger charge is 2.17. The number of hydrogen-bond acceptors (Lipinski definition) is 3. The van der Waals surface area contributed by atoms with E-state index >= 15 is 0 Å². The molecule has 0 aliphatic carbocycles.